The molecule has 100 valence electrons. The second-order valence-corrected chi connectivity index (χ2v) is 5.84. The minimum atomic E-state index is -0.164. The molecule has 1 fully saturated rings. The highest BCUT2D eigenvalue weighted by atomic mass is 16.6. The summed E-state index contributed by atoms with van der Waals surface area (Å²) in [5.74, 6) is 0. The van der Waals surface area contributed by atoms with Gasteiger partial charge in [-0.05, 0) is 25.3 Å². The van der Waals surface area contributed by atoms with E-state index in [0.717, 1.165) is 32.7 Å². The Kier molecular flexibility index (Phi) is 5.25. The van der Waals surface area contributed by atoms with Gasteiger partial charge in [0.05, 0.1) is 6.61 Å². The van der Waals surface area contributed by atoms with Crippen molar-refractivity contribution in [1.82, 2.24) is 9.80 Å². The first-order valence-electron chi connectivity index (χ1n) is 6.56. The number of amides is 1. The highest BCUT2D eigenvalue weighted by Crippen LogP contribution is 2.19. The molecule has 4 nitrogen and oxygen atoms in total. The summed E-state index contributed by atoms with van der Waals surface area (Å²) in [5, 5.41) is 0. The zero-order chi connectivity index (χ0) is 12.9. The summed E-state index contributed by atoms with van der Waals surface area (Å²) < 4.78 is 5.00. The van der Waals surface area contributed by atoms with Crippen molar-refractivity contribution in [2.75, 3.05) is 39.3 Å². The Labute approximate surface area is 105 Å². The van der Waals surface area contributed by atoms with Gasteiger partial charge in [-0.25, -0.2) is 4.79 Å². The van der Waals surface area contributed by atoms with Gasteiger partial charge in [0.2, 0.25) is 0 Å². The number of carbonyl (C=O) groups excluding carboxylic acids is 1. The molecule has 1 rings (SSSR count). The molecule has 1 saturated heterocycles. The molecule has 0 saturated carbocycles. The Balaban J connectivity index is 2.24. The maximum absolute atomic E-state index is 11.5. The minimum absolute atomic E-state index is 0.164. The molecule has 0 bridgehead atoms. The third kappa shape index (κ3) is 5.39. The first-order chi connectivity index (χ1) is 7.92. The summed E-state index contributed by atoms with van der Waals surface area (Å²) in [4.78, 5) is 15.7. The van der Waals surface area contributed by atoms with Crippen LogP contribution in [0.3, 0.4) is 0 Å². The molecule has 0 aliphatic carbocycles. The van der Waals surface area contributed by atoms with Gasteiger partial charge in [0.1, 0.15) is 0 Å². The number of ether oxygens (including phenoxy) is 1. The molecule has 0 aromatic carbocycles. The summed E-state index contributed by atoms with van der Waals surface area (Å²) in [5.41, 5.74) is 0.387. The SMILES string of the molecule is CCOC(=O)N1CCN(CCC(C)(C)C)CC1. The van der Waals surface area contributed by atoms with Crippen molar-refractivity contribution >= 4 is 6.09 Å². The molecule has 0 atom stereocenters. The van der Waals surface area contributed by atoms with Crippen LogP contribution in [0.4, 0.5) is 4.79 Å². The van der Waals surface area contributed by atoms with E-state index in [-0.39, 0.29) is 6.09 Å². The van der Waals surface area contributed by atoms with E-state index in [1.165, 1.54) is 6.42 Å². The monoisotopic (exact) mass is 242 g/mol. The molecule has 4 heteroatoms. The summed E-state index contributed by atoms with van der Waals surface area (Å²) in [6.45, 7) is 13.8. The molecule has 0 aromatic rings. The first kappa shape index (κ1) is 14.3. The highest BCUT2D eigenvalue weighted by Gasteiger charge is 2.22. The Hall–Kier alpha value is -0.770. The van der Waals surface area contributed by atoms with Crippen LogP contribution in [0.15, 0.2) is 0 Å². The standard InChI is InChI=1S/C13H26N2O2/c1-5-17-12(16)15-10-8-14(9-11-15)7-6-13(2,3)4/h5-11H2,1-4H3. The van der Waals surface area contributed by atoms with Crippen molar-refractivity contribution in [2.45, 2.75) is 34.1 Å². The number of hydrogen-bond acceptors (Lipinski definition) is 3. The van der Waals surface area contributed by atoms with Crippen molar-refractivity contribution < 1.29 is 9.53 Å². The van der Waals surface area contributed by atoms with Gasteiger partial charge in [-0.2, -0.15) is 0 Å². The van der Waals surface area contributed by atoms with Crippen LogP contribution in [-0.4, -0.2) is 55.2 Å². The molecule has 0 N–H and O–H groups in total. The molecular weight excluding hydrogens is 216 g/mol. The predicted molar refractivity (Wildman–Crippen MR) is 69.1 cm³/mol. The van der Waals surface area contributed by atoms with Gasteiger partial charge in [0, 0.05) is 26.2 Å². The zero-order valence-electron chi connectivity index (χ0n) is 11.7. The van der Waals surface area contributed by atoms with Crippen molar-refractivity contribution in [1.29, 1.82) is 0 Å². The maximum atomic E-state index is 11.5. The quantitative estimate of drug-likeness (QED) is 0.760. The molecular formula is C13H26N2O2. The number of piperazine rings is 1. The smallest absolute Gasteiger partial charge is 0.409 e. The van der Waals surface area contributed by atoms with Crippen LogP contribution in [0.1, 0.15) is 34.1 Å². The molecule has 1 heterocycles. The first-order valence-corrected chi connectivity index (χ1v) is 6.56. The largest absolute Gasteiger partial charge is 0.450 e. The second-order valence-electron chi connectivity index (χ2n) is 5.84. The van der Waals surface area contributed by atoms with Crippen molar-refractivity contribution in [3.05, 3.63) is 0 Å². The third-order valence-corrected chi connectivity index (χ3v) is 3.08. The van der Waals surface area contributed by atoms with E-state index < -0.39 is 0 Å². The summed E-state index contributed by atoms with van der Waals surface area (Å²) >= 11 is 0. The van der Waals surface area contributed by atoms with Gasteiger partial charge in [-0.15, -0.1) is 0 Å². The van der Waals surface area contributed by atoms with Crippen LogP contribution >= 0.6 is 0 Å². The van der Waals surface area contributed by atoms with E-state index in [0.29, 0.717) is 12.0 Å². The Morgan fingerprint density at radius 2 is 1.76 bits per heavy atom. The molecule has 0 aromatic heterocycles. The lowest BCUT2D eigenvalue weighted by Gasteiger charge is -2.35. The number of rotatable bonds is 3. The van der Waals surface area contributed by atoms with E-state index in [9.17, 15) is 4.79 Å². The van der Waals surface area contributed by atoms with Gasteiger partial charge in [0.25, 0.3) is 0 Å². The van der Waals surface area contributed by atoms with Crippen LogP contribution in [0.5, 0.6) is 0 Å². The second kappa shape index (κ2) is 6.24. The van der Waals surface area contributed by atoms with Crippen LogP contribution in [0.25, 0.3) is 0 Å². The molecule has 0 radical (unpaired) electrons. The number of hydrogen-bond donors (Lipinski definition) is 0. The fourth-order valence-corrected chi connectivity index (χ4v) is 1.86. The number of carbonyl (C=O) groups is 1. The normalized spacial score (nSPS) is 18.2. The number of nitrogens with zero attached hydrogens (tertiary/aromatic N) is 2. The van der Waals surface area contributed by atoms with E-state index in [1.54, 1.807) is 4.90 Å². The Morgan fingerprint density at radius 3 is 2.24 bits per heavy atom. The van der Waals surface area contributed by atoms with Crippen LogP contribution < -0.4 is 0 Å². The van der Waals surface area contributed by atoms with E-state index in [1.807, 2.05) is 6.92 Å². The highest BCUT2D eigenvalue weighted by molar-refractivity contribution is 5.67. The van der Waals surface area contributed by atoms with E-state index in [4.69, 9.17) is 4.74 Å². The van der Waals surface area contributed by atoms with Gasteiger partial charge in [-0.1, -0.05) is 20.8 Å². The predicted octanol–water partition coefficient (Wildman–Crippen LogP) is 2.20. The van der Waals surface area contributed by atoms with Crippen LogP contribution in [-0.2, 0) is 4.74 Å². The molecule has 1 amide bonds. The van der Waals surface area contributed by atoms with Crippen molar-refractivity contribution in [3.8, 4) is 0 Å². The van der Waals surface area contributed by atoms with Gasteiger partial charge in [0.15, 0.2) is 0 Å². The van der Waals surface area contributed by atoms with E-state index in [2.05, 4.69) is 25.7 Å². The maximum Gasteiger partial charge on any atom is 0.409 e. The average Bonchev–Trinajstić information content (AvgIpc) is 2.26. The lowest BCUT2D eigenvalue weighted by Crippen LogP contribution is -2.49. The van der Waals surface area contributed by atoms with Gasteiger partial charge >= 0.3 is 6.09 Å². The average molecular weight is 242 g/mol. The van der Waals surface area contributed by atoms with Crippen LogP contribution in [0.2, 0.25) is 0 Å². The van der Waals surface area contributed by atoms with Crippen molar-refractivity contribution in [3.63, 3.8) is 0 Å². The van der Waals surface area contributed by atoms with E-state index >= 15 is 0 Å². The minimum Gasteiger partial charge on any atom is -0.450 e. The lowest BCUT2D eigenvalue weighted by atomic mass is 9.92. The molecule has 0 spiro atoms. The molecule has 17 heavy (non-hydrogen) atoms. The molecule has 1 aliphatic heterocycles. The third-order valence-electron chi connectivity index (χ3n) is 3.08. The summed E-state index contributed by atoms with van der Waals surface area (Å²) in [7, 11) is 0. The summed E-state index contributed by atoms with van der Waals surface area (Å²) in [6.07, 6.45) is 1.04. The molecule has 1 aliphatic rings. The molecule has 0 unspecified atom stereocenters. The zero-order valence-corrected chi connectivity index (χ0v) is 11.7. The van der Waals surface area contributed by atoms with Gasteiger partial charge < -0.3 is 9.64 Å². The van der Waals surface area contributed by atoms with Crippen molar-refractivity contribution in [2.24, 2.45) is 5.41 Å². The Bertz CT molecular complexity index is 240. The topological polar surface area (TPSA) is 32.8 Å². The van der Waals surface area contributed by atoms with Gasteiger partial charge in [-0.3, -0.25) is 4.90 Å². The fourth-order valence-electron chi connectivity index (χ4n) is 1.86. The lowest BCUT2D eigenvalue weighted by molar-refractivity contribution is 0.0766. The fraction of sp³-hybridized carbons (Fsp3) is 0.923. The summed E-state index contributed by atoms with van der Waals surface area (Å²) in [6, 6.07) is 0. The Morgan fingerprint density at radius 1 is 1.18 bits per heavy atom. The van der Waals surface area contributed by atoms with Crippen LogP contribution in [0, 0.1) is 5.41 Å².